The second-order valence-corrected chi connectivity index (χ2v) is 7.27. The average molecular weight is 369 g/mol. The molecule has 2 aromatic heterocycles. The number of hydrogen-bond donors (Lipinski definition) is 1. The number of H-pyrrole nitrogens is 1. The summed E-state index contributed by atoms with van der Waals surface area (Å²) >= 11 is 0. The van der Waals surface area contributed by atoms with Crippen molar-refractivity contribution < 1.29 is 9.59 Å². The molecule has 2 aliphatic rings. The molecule has 0 aliphatic carbocycles. The maximum Gasteiger partial charge on any atom is 0.242 e. The van der Waals surface area contributed by atoms with Crippen molar-refractivity contribution in [2.24, 2.45) is 0 Å². The van der Waals surface area contributed by atoms with Gasteiger partial charge in [-0.25, -0.2) is 4.98 Å². The number of carbonyl (C=O) groups excluding carboxylic acids is 2. The standard InChI is InChI=1S/C19H23N5O3/c1-14(25)24-9-4-16-18(21-13-20-16)19(24)5-10-23(11-6-19)17(27)12-22-7-2-15(26)3-8-22/h2-3,7-8,13H,4-6,9-12H2,1H3,(H,20,21). The number of piperidine rings is 1. The molecule has 2 aromatic rings. The molecule has 0 saturated carbocycles. The molecule has 1 N–H and O–H groups in total. The third kappa shape index (κ3) is 3.05. The van der Waals surface area contributed by atoms with Crippen LogP contribution in [-0.4, -0.2) is 55.8 Å². The topological polar surface area (TPSA) is 91.3 Å². The lowest BCUT2D eigenvalue weighted by Gasteiger charge is -2.50. The van der Waals surface area contributed by atoms with Gasteiger partial charge in [0.25, 0.3) is 0 Å². The second-order valence-electron chi connectivity index (χ2n) is 7.27. The molecular formula is C19H23N5O3. The number of pyridine rings is 1. The number of likely N-dealkylation sites (tertiary alicyclic amines) is 1. The van der Waals surface area contributed by atoms with E-state index in [1.807, 2.05) is 9.80 Å². The largest absolute Gasteiger partial charge is 0.348 e. The fraction of sp³-hybridized carbons (Fsp3) is 0.474. The van der Waals surface area contributed by atoms with Gasteiger partial charge in [0.2, 0.25) is 11.8 Å². The summed E-state index contributed by atoms with van der Waals surface area (Å²) in [5.74, 6) is 0.0672. The lowest BCUT2D eigenvalue weighted by Crippen LogP contribution is -2.58. The Bertz CT molecular complexity index is 903. The minimum Gasteiger partial charge on any atom is -0.348 e. The van der Waals surface area contributed by atoms with Gasteiger partial charge >= 0.3 is 0 Å². The van der Waals surface area contributed by atoms with Gasteiger partial charge in [-0.1, -0.05) is 0 Å². The second kappa shape index (κ2) is 6.68. The van der Waals surface area contributed by atoms with E-state index in [4.69, 9.17) is 0 Å². The van der Waals surface area contributed by atoms with Crippen LogP contribution in [0.15, 0.2) is 35.6 Å². The summed E-state index contributed by atoms with van der Waals surface area (Å²) in [6.07, 6.45) is 7.09. The molecule has 0 atom stereocenters. The monoisotopic (exact) mass is 369 g/mol. The molecule has 0 radical (unpaired) electrons. The molecule has 4 heterocycles. The number of hydrogen-bond acceptors (Lipinski definition) is 4. The van der Waals surface area contributed by atoms with Gasteiger partial charge in [-0.2, -0.15) is 0 Å². The molecule has 2 amide bonds. The van der Waals surface area contributed by atoms with Gasteiger partial charge in [-0.05, 0) is 12.8 Å². The van der Waals surface area contributed by atoms with E-state index >= 15 is 0 Å². The lowest BCUT2D eigenvalue weighted by atomic mass is 9.78. The Labute approximate surface area is 156 Å². The molecule has 0 aromatic carbocycles. The molecule has 27 heavy (non-hydrogen) atoms. The maximum absolute atomic E-state index is 12.7. The van der Waals surface area contributed by atoms with Crippen molar-refractivity contribution in [3.63, 3.8) is 0 Å². The van der Waals surface area contributed by atoms with Crippen molar-refractivity contribution >= 4 is 11.8 Å². The third-order valence-corrected chi connectivity index (χ3v) is 5.76. The van der Waals surface area contributed by atoms with Gasteiger partial charge in [0.05, 0.1) is 17.6 Å². The zero-order valence-corrected chi connectivity index (χ0v) is 15.4. The van der Waals surface area contributed by atoms with Crippen molar-refractivity contribution in [2.75, 3.05) is 19.6 Å². The van der Waals surface area contributed by atoms with Crippen LogP contribution in [0, 0.1) is 0 Å². The van der Waals surface area contributed by atoms with E-state index in [1.165, 1.54) is 12.1 Å². The summed E-state index contributed by atoms with van der Waals surface area (Å²) in [7, 11) is 0. The van der Waals surface area contributed by atoms with Crippen LogP contribution in [0.4, 0.5) is 0 Å². The number of nitrogens with one attached hydrogen (secondary N) is 1. The highest BCUT2D eigenvalue weighted by Gasteiger charge is 2.48. The first kappa shape index (κ1) is 17.5. The smallest absolute Gasteiger partial charge is 0.242 e. The molecule has 1 saturated heterocycles. The number of amides is 2. The summed E-state index contributed by atoms with van der Waals surface area (Å²) in [6, 6.07) is 2.90. The molecule has 1 fully saturated rings. The van der Waals surface area contributed by atoms with E-state index in [0.29, 0.717) is 32.5 Å². The van der Waals surface area contributed by atoms with Gasteiger partial charge in [0.1, 0.15) is 6.54 Å². The van der Waals surface area contributed by atoms with E-state index in [9.17, 15) is 14.4 Å². The molecule has 1 spiro atoms. The van der Waals surface area contributed by atoms with Gasteiger partial charge in [-0.15, -0.1) is 0 Å². The summed E-state index contributed by atoms with van der Waals surface area (Å²) in [6.45, 7) is 3.64. The fourth-order valence-electron chi connectivity index (χ4n) is 4.37. The summed E-state index contributed by atoms with van der Waals surface area (Å²) in [5.41, 5.74) is 1.56. The number of rotatable bonds is 2. The van der Waals surface area contributed by atoms with Crippen LogP contribution < -0.4 is 5.43 Å². The Balaban J connectivity index is 1.50. The van der Waals surface area contributed by atoms with E-state index in [-0.39, 0.29) is 23.8 Å². The first-order valence-corrected chi connectivity index (χ1v) is 9.24. The highest BCUT2D eigenvalue weighted by molar-refractivity contribution is 5.77. The third-order valence-electron chi connectivity index (χ3n) is 5.76. The SMILES string of the molecule is CC(=O)N1CCc2[nH]cnc2C12CCN(C(=O)Cn1ccc(=O)cc1)CC2. The van der Waals surface area contributed by atoms with Crippen LogP contribution in [0.1, 0.15) is 31.2 Å². The molecule has 0 unspecified atom stereocenters. The first-order chi connectivity index (χ1) is 13.0. The van der Waals surface area contributed by atoms with E-state index in [0.717, 1.165) is 17.8 Å². The minimum absolute atomic E-state index is 0.0148. The van der Waals surface area contributed by atoms with E-state index in [1.54, 1.807) is 30.2 Å². The van der Waals surface area contributed by atoms with Gasteiger partial charge in [0, 0.05) is 63.2 Å². The van der Waals surface area contributed by atoms with Crippen LogP contribution in [0.2, 0.25) is 0 Å². The number of fused-ring (bicyclic) bond motifs is 2. The van der Waals surface area contributed by atoms with Crippen molar-refractivity contribution in [2.45, 2.75) is 38.3 Å². The number of nitrogens with zero attached hydrogens (tertiary/aromatic N) is 4. The van der Waals surface area contributed by atoms with Crippen LogP contribution in [0.5, 0.6) is 0 Å². The molecule has 4 rings (SSSR count). The minimum atomic E-state index is -0.423. The van der Waals surface area contributed by atoms with Gasteiger partial charge in [-0.3, -0.25) is 14.4 Å². The zero-order valence-electron chi connectivity index (χ0n) is 15.4. The quantitative estimate of drug-likeness (QED) is 0.834. The van der Waals surface area contributed by atoms with Crippen LogP contribution >= 0.6 is 0 Å². The first-order valence-electron chi connectivity index (χ1n) is 9.24. The Hall–Kier alpha value is -2.90. The number of aromatic nitrogens is 3. The molecular weight excluding hydrogens is 346 g/mol. The predicted octanol–water partition coefficient (Wildman–Crippen LogP) is 0.494. The van der Waals surface area contributed by atoms with Crippen molar-refractivity contribution in [3.05, 3.63) is 52.5 Å². The fourth-order valence-corrected chi connectivity index (χ4v) is 4.37. The van der Waals surface area contributed by atoms with Gasteiger partial charge < -0.3 is 19.4 Å². The summed E-state index contributed by atoms with van der Waals surface area (Å²) in [4.78, 5) is 47.6. The van der Waals surface area contributed by atoms with Crippen LogP contribution in [0.3, 0.4) is 0 Å². The van der Waals surface area contributed by atoms with E-state index in [2.05, 4.69) is 9.97 Å². The number of carbonyl (C=O) groups is 2. The Morgan fingerprint density at radius 1 is 1.19 bits per heavy atom. The van der Waals surface area contributed by atoms with Crippen LogP contribution in [-0.2, 0) is 28.1 Å². The van der Waals surface area contributed by atoms with E-state index < -0.39 is 5.54 Å². The highest BCUT2D eigenvalue weighted by atomic mass is 16.2. The molecule has 142 valence electrons. The summed E-state index contributed by atoms with van der Waals surface area (Å²) in [5, 5.41) is 0. The molecule has 2 aliphatic heterocycles. The molecule has 8 heteroatoms. The van der Waals surface area contributed by atoms with Crippen LogP contribution in [0.25, 0.3) is 0 Å². The van der Waals surface area contributed by atoms with Crippen molar-refractivity contribution in [1.82, 2.24) is 24.3 Å². The molecule has 8 nitrogen and oxygen atoms in total. The zero-order chi connectivity index (χ0) is 19.0. The Kier molecular flexibility index (Phi) is 4.33. The average Bonchev–Trinajstić information content (AvgIpc) is 3.14. The van der Waals surface area contributed by atoms with Gasteiger partial charge in [0.15, 0.2) is 5.43 Å². The Morgan fingerprint density at radius 2 is 1.89 bits per heavy atom. The predicted molar refractivity (Wildman–Crippen MR) is 97.9 cm³/mol. The van der Waals surface area contributed by atoms with Crippen molar-refractivity contribution in [3.8, 4) is 0 Å². The Morgan fingerprint density at radius 3 is 2.56 bits per heavy atom. The maximum atomic E-state index is 12.7. The van der Waals surface area contributed by atoms with Crippen molar-refractivity contribution in [1.29, 1.82) is 0 Å². The number of aromatic amines is 1. The normalized spacial score (nSPS) is 18.4. The highest BCUT2D eigenvalue weighted by Crippen LogP contribution is 2.42. The molecule has 0 bridgehead atoms. The number of imidazole rings is 1. The lowest BCUT2D eigenvalue weighted by molar-refractivity contribution is -0.142. The summed E-state index contributed by atoms with van der Waals surface area (Å²) < 4.78 is 1.71.